The first kappa shape index (κ1) is 13.9. The molecule has 0 amide bonds. The highest BCUT2D eigenvalue weighted by molar-refractivity contribution is 5.91. The number of carbonyl (C=O) groups is 1. The lowest BCUT2D eigenvalue weighted by Gasteiger charge is -2.24. The van der Waals surface area contributed by atoms with Gasteiger partial charge in [-0.25, -0.2) is 4.79 Å². The highest BCUT2D eigenvalue weighted by atomic mass is 16.5. The van der Waals surface area contributed by atoms with E-state index < -0.39 is 12.1 Å². The molecule has 0 bridgehead atoms. The summed E-state index contributed by atoms with van der Waals surface area (Å²) in [5.74, 6) is -0.609. The van der Waals surface area contributed by atoms with E-state index in [0.717, 1.165) is 37.7 Å². The van der Waals surface area contributed by atoms with Crippen molar-refractivity contribution in [3.05, 3.63) is 29.3 Å². The fraction of sp³-hybridized carbons (Fsp3) is 0.533. The Hall–Kier alpha value is -1.55. The predicted octanol–water partition coefficient (Wildman–Crippen LogP) is 2.77. The van der Waals surface area contributed by atoms with E-state index in [2.05, 4.69) is 0 Å². The summed E-state index contributed by atoms with van der Waals surface area (Å²) in [5, 5.41) is 19.3. The van der Waals surface area contributed by atoms with Crippen LogP contribution in [0.3, 0.4) is 0 Å². The van der Waals surface area contributed by atoms with Gasteiger partial charge in [0.05, 0.1) is 6.10 Å². The van der Waals surface area contributed by atoms with Gasteiger partial charge in [0.1, 0.15) is 17.4 Å². The van der Waals surface area contributed by atoms with E-state index in [0.29, 0.717) is 5.75 Å². The second-order valence-electron chi connectivity index (χ2n) is 5.12. The molecule has 1 aromatic rings. The van der Waals surface area contributed by atoms with Crippen molar-refractivity contribution in [2.75, 3.05) is 0 Å². The smallest absolute Gasteiger partial charge is 0.339 e. The Morgan fingerprint density at radius 1 is 1.26 bits per heavy atom. The average molecular weight is 264 g/mol. The number of carboxylic acid groups (broad SMARTS) is 1. The molecule has 1 aromatic carbocycles. The van der Waals surface area contributed by atoms with Crippen LogP contribution in [0.4, 0.5) is 0 Å². The van der Waals surface area contributed by atoms with Gasteiger partial charge in [0.25, 0.3) is 0 Å². The number of ether oxygens (including phenoxy) is 1. The largest absolute Gasteiger partial charge is 0.487 e. The number of hydrogen-bond donors (Lipinski definition) is 2. The lowest BCUT2D eigenvalue weighted by Crippen LogP contribution is -2.31. The first-order valence-electron chi connectivity index (χ1n) is 6.77. The van der Waals surface area contributed by atoms with Crippen LogP contribution >= 0.6 is 0 Å². The number of carboxylic acids is 1. The summed E-state index contributed by atoms with van der Waals surface area (Å²) >= 11 is 0. The molecule has 104 valence electrons. The molecule has 0 radical (unpaired) electrons. The number of benzene rings is 1. The summed E-state index contributed by atoms with van der Waals surface area (Å²) in [6, 6.07) is 5.06. The highest BCUT2D eigenvalue weighted by Crippen LogP contribution is 2.28. The SMILES string of the molecule is Cc1cccc(C(=O)O)c1OC1CCCCCC1O. The molecule has 0 heterocycles. The highest BCUT2D eigenvalue weighted by Gasteiger charge is 2.25. The molecule has 0 aromatic heterocycles. The predicted molar refractivity (Wildman–Crippen MR) is 71.6 cm³/mol. The first-order valence-corrected chi connectivity index (χ1v) is 6.77. The monoisotopic (exact) mass is 264 g/mol. The van der Waals surface area contributed by atoms with Gasteiger partial charge in [-0.05, 0) is 37.8 Å². The van der Waals surface area contributed by atoms with E-state index in [9.17, 15) is 15.0 Å². The quantitative estimate of drug-likeness (QED) is 0.824. The summed E-state index contributed by atoms with van der Waals surface area (Å²) in [5.41, 5.74) is 0.952. The Balaban J connectivity index is 2.24. The van der Waals surface area contributed by atoms with Crippen molar-refractivity contribution >= 4 is 5.97 Å². The number of para-hydroxylation sites is 1. The van der Waals surface area contributed by atoms with Gasteiger partial charge in [0.2, 0.25) is 0 Å². The zero-order chi connectivity index (χ0) is 13.8. The lowest BCUT2D eigenvalue weighted by atomic mass is 10.1. The molecule has 2 atom stereocenters. The zero-order valence-corrected chi connectivity index (χ0v) is 11.1. The fourth-order valence-corrected chi connectivity index (χ4v) is 2.52. The molecule has 4 nitrogen and oxygen atoms in total. The van der Waals surface area contributed by atoms with Gasteiger partial charge in [-0.1, -0.05) is 25.0 Å². The third-order valence-corrected chi connectivity index (χ3v) is 3.63. The summed E-state index contributed by atoms with van der Waals surface area (Å²) in [7, 11) is 0. The minimum absolute atomic E-state index is 0.163. The van der Waals surface area contributed by atoms with Gasteiger partial charge >= 0.3 is 5.97 Å². The minimum atomic E-state index is -0.998. The van der Waals surface area contributed by atoms with Crippen LogP contribution in [0.15, 0.2) is 18.2 Å². The molecule has 1 saturated carbocycles. The van der Waals surface area contributed by atoms with Crippen molar-refractivity contribution in [1.82, 2.24) is 0 Å². The minimum Gasteiger partial charge on any atom is -0.487 e. The van der Waals surface area contributed by atoms with Crippen LogP contribution in [0.5, 0.6) is 5.75 Å². The maximum absolute atomic E-state index is 11.2. The molecule has 1 aliphatic rings. The van der Waals surface area contributed by atoms with Crippen molar-refractivity contribution < 1.29 is 19.7 Å². The standard InChI is InChI=1S/C15H20O4/c1-10-6-5-7-11(15(17)18)14(10)19-13-9-4-2-3-8-12(13)16/h5-7,12-13,16H,2-4,8-9H2,1H3,(H,17,18). The number of aliphatic hydroxyl groups is 1. The Morgan fingerprint density at radius 2 is 2.00 bits per heavy atom. The van der Waals surface area contributed by atoms with Crippen molar-refractivity contribution in [1.29, 1.82) is 0 Å². The van der Waals surface area contributed by atoms with Crippen LogP contribution < -0.4 is 4.74 Å². The molecule has 0 saturated heterocycles. The summed E-state index contributed by atoms with van der Waals surface area (Å²) in [6.07, 6.45) is 3.78. The Kier molecular flexibility index (Phi) is 4.43. The molecular formula is C15H20O4. The number of aliphatic hydroxyl groups excluding tert-OH is 1. The first-order chi connectivity index (χ1) is 9.09. The van der Waals surface area contributed by atoms with E-state index in [1.54, 1.807) is 6.07 Å². The van der Waals surface area contributed by atoms with Gasteiger partial charge < -0.3 is 14.9 Å². The third kappa shape index (κ3) is 3.26. The number of aryl methyl sites for hydroxylation is 1. The van der Waals surface area contributed by atoms with E-state index in [4.69, 9.17) is 4.74 Å². The second kappa shape index (κ2) is 6.06. The third-order valence-electron chi connectivity index (χ3n) is 3.63. The molecule has 4 heteroatoms. The van der Waals surface area contributed by atoms with Gasteiger partial charge in [0.15, 0.2) is 0 Å². The van der Waals surface area contributed by atoms with Gasteiger partial charge in [-0.2, -0.15) is 0 Å². The summed E-state index contributed by atoms with van der Waals surface area (Å²) in [6.45, 7) is 1.82. The number of hydrogen-bond acceptors (Lipinski definition) is 3. The Morgan fingerprint density at radius 3 is 2.74 bits per heavy atom. The van der Waals surface area contributed by atoms with Crippen LogP contribution in [0, 0.1) is 6.92 Å². The molecule has 2 N–H and O–H groups in total. The van der Waals surface area contributed by atoms with Crippen LogP contribution in [0.2, 0.25) is 0 Å². The van der Waals surface area contributed by atoms with Crippen LogP contribution in [0.1, 0.15) is 48.0 Å². The van der Waals surface area contributed by atoms with E-state index in [1.165, 1.54) is 6.07 Å². The van der Waals surface area contributed by atoms with Crippen molar-refractivity contribution in [2.24, 2.45) is 0 Å². The molecule has 0 aliphatic heterocycles. The van der Waals surface area contributed by atoms with Gasteiger partial charge in [0, 0.05) is 0 Å². The normalized spacial score (nSPS) is 23.7. The van der Waals surface area contributed by atoms with E-state index in [1.807, 2.05) is 13.0 Å². The molecule has 1 aliphatic carbocycles. The summed E-state index contributed by atoms with van der Waals surface area (Å²) < 4.78 is 5.84. The lowest BCUT2D eigenvalue weighted by molar-refractivity contribution is 0.0301. The molecule has 0 spiro atoms. The second-order valence-corrected chi connectivity index (χ2v) is 5.12. The molecule has 2 unspecified atom stereocenters. The van der Waals surface area contributed by atoms with Gasteiger partial charge in [-0.3, -0.25) is 0 Å². The fourth-order valence-electron chi connectivity index (χ4n) is 2.52. The van der Waals surface area contributed by atoms with E-state index in [-0.39, 0.29) is 11.7 Å². The Labute approximate surface area is 113 Å². The van der Waals surface area contributed by atoms with Crippen LogP contribution in [-0.2, 0) is 0 Å². The average Bonchev–Trinajstić information content (AvgIpc) is 2.57. The van der Waals surface area contributed by atoms with Crippen molar-refractivity contribution in [2.45, 2.75) is 51.2 Å². The van der Waals surface area contributed by atoms with Crippen LogP contribution in [0.25, 0.3) is 0 Å². The van der Waals surface area contributed by atoms with E-state index >= 15 is 0 Å². The molecule has 19 heavy (non-hydrogen) atoms. The van der Waals surface area contributed by atoms with Crippen molar-refractivity contribution in [3.63, 3.8) is 0 Å². The Bertz CT molecular complexity index is 455. The number of rotatable bonds is 3. The zero-order valence-electron chi connectivity index (χ0n) is 11.1. The van der Waals surface area contributed by atoms with Gasteiger partial charge in [-0.15, -0.1) is 0 Å². The molecule has 2 rings (SSSR count). The van der Waals surface area contributed by atoms with Crippen LogP contribution in [-0.4, -0.2) is 28.4 Å². The topological polar surface area (TPSA) is 66.8 Å². The molecular weight excluding hydrogens is 244 g/mol. The van der Waals surface area contributed by atoms with Crippen molar-refractivity contribution in [3.8, 4) is 5.75 Å². The number of aromatic carboxylic acids is 1. The molecule has 1 fully saturated rings. The maximum atomic E-state index is 11.2. The maximum Gasteiger partial charge on any atom is 0.339 e. The summed E-state index contributed by atoms with van der Waals surface area (Å²) in [4.78, 5) is 11.2.